The number of para-hydroxylation sites is 1. The van der Waals surface area contributed by atoms with Gasteiger partial charge in [0.2, 0.25) is 6.54 Å². The van der Waals surface area contributed by atoms with Gasteiger partial charge in [-0.3, -0.25) is 10.1 Å². The predicted octanol–water partition coefficient (Wildman–Crippen LogP) is 4.15. The van der Waals surface area contributed by atoms with Crippen molar-refractivity contribution < 1.29 is 14.4 Å². The standard InChI is InChI=1S/C20H20N2O4/c1-3-10-26-19-9-8-14(11-20(19)25-2)17(13-22(23)24)16-12-21-18-7-5-4-6-15(16)18/h3-9,11-12,17,21H,1,10,13H2,2H3/t17-/m1/s1. The van der Waals surface area contributed by atoms with Crippen molar-refractivity contribution in [1.82, 2.24) is 4.98 Å². The van der Waals surface area contributed by atoms with Gasteiger partial charge in [0, 0.05) is 22.0 Å². The lowest BCUT2D eigenvalue weighted by molar-refractivity contribution is -0.481. The number of aromatic amines is 1. The molecule has 0 saturated carbocycles. The molecule has 0 bridgehead atoms. The van der Waals surface area contributed by atoms with Crippen LogP contribution in [0.15, 0.2) is 61.3 Å². The number of aromatic nitrogens is 1. The maximum absolute atomic E-state index is 11.3. The molecule has 0 fully saturated rings. The lowest BCUT2D eigenvalue weighted by Gasteiger charge is -2.16. The Labute approximate surface area is 151 Å². The van der Waals surface area contributed by atoms with Crippen molar-refractivity contribution in [3.63, 3.8) is 0 Å². The molecule has 0 amide bonds. The first-order chi connectivity index (χ1) is 12.6. The van der Waals surface area contributed by atoms with Gasteiger partial charge < -0.3 is 14.5 Å². The van der Waals surface area contributed by atoms with Crippen LogP contribution in [0, 0.1) is 10.1 Å². The molecule has 0 aliphatic rings. The molecule has 26 heavy (non-hydrogen) atoms. The van der Waals surface area contributed by atoms with E-state index in [1.54, 1.807) is 25.3 Å². The molecular weight excluding hydrogens is 332 g/mol. The normalized spacial score (nSPS) is 11.9. The summed E-state index contributed by atoms with van der Waals surface area (Å²) in [4.78, 5) is 14.2. The van der Waals surface area contributed by atoms with Gasteiger partial charge in [-0.05, 0) is 29.3 Å². The molecule has 6 nitrogen and oxygen atoms in total. The summed E-state index contributed by atoms with van der Waals surface area (Å²) in [5, 5.41) is 12.3. The first-order valence-corrected chi connectivity index (χ1v) is 8.23. The first kappa shape index (κ1) is 17.5. The summed E-state index contributed by atoms with van der Waals surface area (Å²) in [6, 6.07) is 13.2. The van der Waals surface area contributed by atoms with Crippen molar-refractivity contribution in [2.24, 2.45) is 0 Å². The minimum Gasteiger partial charge on any atom is -0.493 e. The molecule has 1 N–H and O–H groups in total. The zero-order chi connectivity index (χ0) is 18.5. The second-order valence-corrected chi connectivity index (χ2v) is 5.87. The van der Waals surface area contributed by atoms with Crippen LogP contribution in [0.2, 0.25) is 0 Å². The van der Waals surface area contributed by atoms with Crippen LogP contribution in [0.4, 0.5) is 0 Å². The van der Waals surface area contributed by atoms with Gasteiger partial charge in [0.1, 0.15) is 6.61 Å². The third kappa shape index (κ3) is 3.54. The van der Waals surface area contributed by atoms with E-state index in [1.807, 2.05) is 36.5 Å². The Kier molecular flexibility index (Phi) is 5.22. The second kappa shape index (κ2) is 7.74. The number of H-pyrrole nitrogens is 1. The molecule has 3 aromatic rings. The van der Waals surface area contributed by atoms with Crippen molar-refractivity contribution in [2.45, 2.75) is 5.92 Å². The number of hydrogen-bond donors (Lipinski definition) is 1. The fourth-order valence-electron chi connectivity index (χ4n) is 3.08. The second-order valence-electron chi connectivity index (χ2n) is 5.87. The van der Waals surface area contributed by atoms with Gasteiger partial charge in [0.25, 0.3) is 0 Å². The van der Waals surface area contributed by atoms with E-state index < -0.39 is 5.92 Å². The fourth-order valence-corrected chi connectivity index (χ4v) is 3.08. The quantitative estimate of drug-likeness (QED) is 0.375. The Hall–Kier alpha value is -3.28. The van der Waals surface area contributed by atoms with Crippen LogP contribution < -0.4 is 9.47 Å². The summed E-state index contributed by atoms with van der Waals surface area (Å²) in [6.45, 7) is 3.78. The van der Waals surface area contributed by atoms with Gasteiger partial charge in [-0.15, -0.1) is 0 Å². The molecule has 134 valence electrons. The van der Waals surface area contributed by atoms with Crippen LogP contribution in [0.3, 0.4) is 0 Å². The molecule has 0 radical (unpaired) electrons. The van der Waals surface area contributed by atoms with Crippen LogP contribution >= 0.6 is 0 Å². The molecule has 0 unspecified atom stereocenters. The van der Waals surface area contributed by atoms with Crippen LogP contribution in [0.5, 0.6) is 11.5 Å². The molecule has 6 heteroatoms. The number of rotatable bonds is 8. The van der Waals surface area contributed by atoms with Crippen LogP contribution in [-0.2, 0) is 0 Å². The average molecular weight is 352 g/mol. The lowest BCUT2D eigenvalue weighted by Crippen LogP contribution is -2.14. The lowest BCUT2D eigenvalue weighted by atomic mass is 9.90. The summed E-state index contributed by atoms with van der Waals surface area (Å²) < 4.78 is 11.0. The molecule has 1 atom stereocenters. The van der Waals surface area contributed by atoms with Crippen molar-refractivity contribution >= 4 is 10.9 Å². The zero-order valence-corrected chi connectivity index (χ0v) is 14.5. The van der Waals surface area contributed by atoms with E-state index in [0.29, 0.717) is 18.1 Å². The number of fused-ring (bicyclic) bond motifs is 1. The highest BCUT2D eigenvalue weighted by molar-refractivity contribution is 5.84. The monoisotopic (exact) mass is 352 g/mol. The van der Waals surface area contributed by atoms with E-state index in [-0.39, 0.29) is 11.5 Å². The number of hydrogen-bond acceptors (Lipinski definition) is 4. The maximum atomic E-state index is 11.3. The third-order valence-electron chi connectivity index (χ3n) is 4.28. The molecule has 2 aromatic carbocycles. The number of nitro groups is 1. The minimum absolute atomic E-state index is 0.210. The fraction of sp³-hybridized carbons (Fsp3) is 0.200. The summed E-state index contributed by atoms with van der Waals surface area (Å²) in [6.07, 6.45) is 3.49. The summed E-state index contributed by atoms with van der Waals surface area (Å²) in [7, 11) is 1.55. The predicted molar refractivity (Wildman–Crippen MR) is 101 cm³/mol. The molecule has 1 heterocycles. The molecule has 3 rings (SSSR count). The number of ether oxygens (including phenoxy) is 2. The maximum Gasteiger partial charge on any atom is 0.214 e. The Morgan fingerprint density at radius 1 is 1.27 bits per heavy atom. The molecule has 0 aliphatic carbocycles. The summed E-state index contributed by atoms with van der Waals surface area (Å²) in [5.41, 5.74) is 2.64. The van der Waals surface area contributed by atoms with Crippen LogP contribution in [0.1, 0.15) is 17.0 Å². The van der Waals surface area contributed by atoms with Gasteiger partial charge in [0.15, 0.2) is 11.5 Å². The molecule has 1 aromatic heterocycles. The van der Waals surface area contributed by atoms with Gasteiger partial charge in [-0.25, -0.2) is 0 Å². The molecule has 0 aliphatic heterocycles. The van der Waals surface area contributed by atoms with Gasteiger partial charge in [-0.2, -0.15) is 0 Å². The summed E-state index contributed by atoms with van der Waals surface area (Å²) in [5.74, 6) is 0.718. The Bertz CT molecular complexity index is 932. The highest BCUT2D eigenvalue weighted by atomic mass is 16.6. The van der Waals surface area contributed by atoms with E-state index in [1.165, 1.54) is 0 Å². The summed E-state index contributed by atoms with van der Waals surface area (Å²) >= 11 is 0. The SMILES string of the molecule is C=CCOc1ccc([C@@H](C[N+](=O)[O-])c2c[nH]c3ccccc23)cc1OC. The van der Waals surface area contributed by atoms with E-state index >= 15 is 0 Å². The van der Waals surface area contributed by atoms with Crippen molar-refractivity contribution in [1.29, 1.82) is 0 Å². The van der Waals surface area contributed by atoms with Crippen LogP contribution in [-0.4, -0.2) is 30.2 Å². The largest absolute Gasteiger partial charge is 0.493 e. The first-order valence-electron chi connectivity index (χ1n) is 8.23. The highest BCUT2D eigenvalue weighted by Gasteiger charge is 2.24. The minimum atomic E-state index is -0.400. The van der Waals surface area contributed by atoms with Crippen molar-refractivity contribution in [3.05, 3.63) is 82.6 Å². The average Bonchev–Trinajstić information content (AvgIpc) is 3.08. The van der Waals surface area contributed by atoms with Gasteiger partial charge in [-0.1, -0.05) is 36.9 Å². The number of nitrogens with zero attached hydrogens (tertiary/aromatic N) is 1. The molecule has 0 saturated heterocycles. The van der Waals surface area contributed by atoms with Gasteiger partial charge >= 0.3 is 0 Å². The van der Waals surface area contributed by atoms with E-state index in [9.17, 15) is 10.1 Å². The smallest absolute Gasteiger partial charge is 0.214 e. The Morgan fingerprint density at radius 2 is 2.08 bits per heavy atom. The van der Waals surface area contributed by atoms with Gasteiger partial charge in [0.05, 0.1) is 13.0 Å². The van der Waals surface area contributed by atoms with Crippen molar-refractivity contribution in [3.8, 4) is 11.5 Å². The number of methoxy groups -OCH3 is 1. The third-order valence-corrected chi connectivity index (χ3v) is 4.28. The van der Waals surface area contributed by atoms with E-state index in [4.69, 9.17) is 9.47 Å². The van der Waals surface area contributed by atoms with E-state index in [2.05, 4.69) is 11.6 Å². The topological polar surface area (TPSA) is 77.4 Å². The molecular formula is C20H20N2O4. The Balaban J connectivity index is 2.05. The van der Waals surface area contributed by atoms with Crippen molar-refractivity contribution in [2.75, 3.05) is 20.3 Å². The number of nitrogens with one attached hydrogen (secondary N) is 1. The highest BCUT2D eigenvalue weighted by Crippen LogP contribution is 2.36. The van der Waals surface area contributed by atoms with E-state index in [0.717, 1.165) is 22.0 Å². The number of benzene rings is 2. The Morgan fingerprint density at radius 3 is 2.81 bits per heavy atom. The van der Waals surface area contributed by atoms with Crippen LogP contribution in [0.25, 0.3) is 10.9 Å². The zero-order valence-electron chi connectivity index (χ0n) is 14.5. The molecule has 0 spiro atoms.